The molecule has 1 aromatic rings. The van der Waals surface area contributed by atoms with Crippen LogP contribution in [0.2, 0.25) is 0 Å². The zero-order valence-corrected chi connectivity index (χ0v) is 11.6. The van der Waals surface area contributed by atoms with Crippen molar-refractivity contribution >= 4 is 15.9 Å². The molecule has 0 radical (unpaired) electrons. The molecule has 0 atom stereocenters. The molecule has 3 heteroatoms. The minimum Gasteiger partial charge on any atom is -0.311 e. The fourth-order valence-corrected chi connectivity index (χ4v) is 1.79. The van der Waals surface area contributed by atoms with Crippen molar-refractivity contribution in [1.29, 1.82) is 5.26 Å². The first-order valence-corrected chi connectivity index (χ1v) is 6.11. The van der Waals surface area contributed by atoms with Gasteiger partial charge in [0.2, 0.25) is 0 Å². The predicted molar refractivity (Wildman–Crippen MR) is 70.0 cm³/mol. The van der Waals surface area contributed by atoms with E-state index in [9.17, 15) is 0 Å². The normalized spacial score (nSPS) is 11.2. The number of aryl methyl sites for hydroxylation is 1. The summed E-state index contributed by atoms with van der Waals surface area (Å²) in [4.78, 5) is 0. The van der Waals surface area contributed by atoms with Crippen molar-refractivity contribution < 1.29 is 0 Å². The van der Waals surface area contributed by atoms with Crippen LogP contribution in [0.4, 0.5) is 0 Å². The van der Waals surface area contributed by atoms with Gasteiger partial charge in [0.15, 0.2) is 0 Å². The van der Waals surface area contributed by atoms with Gasteiger partial charge in [-0.15, -0.1) is 0 Å². The zero-order chi connectivity index (χ0) is 12.2. The van der Waals surface area contributed by atoms with Crippen LogP contribution in [-0.4, -0.2) is 6.54 Å². The van der Waals surface area contributed by atoms with Gasteiger partial charge in [-0.3, -0.25) is 0 Å². The van der Waals surface area contributed by atoms with E-state index >= 15 is 0 Å². The molecule has 0 aliphatic heterocycles. The van der Waals surface area contributed by atoms with Gasteiger partial charge < -0.3 is 5.32 Å². The van der Waals surface area contributed by atoms with Crippen LogP contribution in [-0.2, 0) is 6.54 Å². The van der Waals surface area contributed by atoms with Crippen molar-refractivity contribution in [2.75, 3.05) is 6.54 Å². The van der Waals surface area contributed by atoms with E-state index in [2.05, 4.69) is 46.4 Å². The van der Waals surface area contributed by atoms with E-state index in [1.165, 1.54) is 11.1 Å². The maximum absolute atomic E-state index is 8.89. The summed E-state index contributed by atoms with van der Waals surface area (Å²) < 4.78 is 1.09. The van der Waals surface area contributed by atoms with Crippen molar-refractivity contribution in [3.8, 4) is 6.07 Å². The van der Waals surface area contributed by atoms with Crippen molar-refractivity contribution in [2.24, 2.45) is 5.41 Å². The van der Waals surface area contributed by atoms with Crippen LogP contribution in [0.5, 0.6) is 0 Å². The van der Waals surface area contributed by atoms with Crippen LogP contribution >= 0.6 is 15.9 Å². The van der Waals surface area contributed by atoms with Crippen LogP contribution in [0.3, 0.4) is 0 Å². The van der Waals surface area contributed by atoms with Crippen molar-refractivity contribution in [3.63, 3.8) is 0 Å². The Morgan fingerprint density at radius 1 is 1.44 bits per heavy atom. The number of hydrogen-bond donors (Lipinski definition) is 1. The minimum atomic E-state index is -0.306. The van der Waals surface area contributed by atoms with Gasteiger partial charge in [0.1, 0.15) is 0 Å². The number of benzene rings is 1. The molecule has 1 N–H and O–H groups in total. The average Bonchev–Trinajstić information content (AvgIpc) is 2.23. The molecule has 1 rings (SSSR count). The Balaban J connectivity index is 2.56. The number of nitrogens with one attached hydrogen (secondary N) is 1. The highest BCUT2D eigenvalue weighted by molar-refractivity contribution is 9.10. The predicted octanol–water partition coefficient (Wildman–Crippen LogP) is 3.40. The van der Waals surface area contributed by atoms with Crippen molar-refractivity contribution in [3.05, 3.63) is 33.8 Å². The Kier molecular flexibility index (Phi) is 4.52. The summed E-state index contributed by atoms with van der Waals surface area (Å²) in [7, 11) is 0. The molecule has 0 aliphatic rings. The van der Waals surface area contributed by atoms with Crippen LogP contribution in [0.15, 0.2) is 22.7 Å². The molecule has 0 aromatic heterocycles. The number of hydrogen-bond acceptors (Lipinski definition) is 2. The first-order valence-electron chi connectivity index (χ1n) is 5.31. The molecule has 0 unspecified atom stereocenters. The fraction of sp³-hybridized carbons (Fsp3) is 0.462. The summed E-state index contributed by atoms with van der Waals surface area (Å²) in [6, 6.07) is 8.53. The van der Waals surface area contributed by atoms with E-state index in [0.29, 0.717) is 6.54 Å². The van der Waals surface area contributed by atoms with Gasteiger partial charge >= 0.3 is 0 Å². The Labute approximate surface area is 106 Å². The van der Waals surface area contributed by atoms with E-state index < -0.39 is 0 Å². The summed E-state index contributed by atoms with van der Waals surface area (Å²) in [5.74, 6) is 0. The smallest absolute Gasteiger partial charge is 0.0697 e. The van der Waals surface area contributed by atoms with E-state index in [1.807, 2.05) is 19.9 Å². The molecule has 0 saturated carbocycles. The van der Waals surface area contributed by atoms with Crippen LogP contribution in [0, 0.1) is 23.7 Å². The van der Waals surface area contributed by atoms with Crippen molar-refractivity contribution in [2.45, 2.75) is 27.3 Å². The second-order valence-corrected chi connectivity index (χ2v) is 5.59. The van der Waals surface area contributed by atoms with Gasteiger partial charge in [0, 0.05) is 17.6 Å². The van der Waals surface area contributed by atoms with E-state index in [4.69, 9.17) is 5.26 Å². The Morgan fingerprint density at radius 3 is 2.75 bits per heavy atom. The van der Waals surface area contributed by atoms with Gasteiger partial charge in [-0.05, 0) is 44.0 Å². The maximum Gasteiger partial charge on any atom is 0.0697 e. The number of nitriles is 1. The van der Waals surface area contributed by atoms with Crippen LogP contribution < -0.4 is 5.32 Å². The molecule has 0 fully saturated rings. The number of rotatable bonds is 4. The zero-order valence-electron chi connectivity index (χ0n) is 9.97. The summed E-state index contributed by atoms with van der Waals surface area (Å²) >= 11 is 3.46. The Hall–Kier alpha value is -0.850. The summed E-state index contributed by atoms with van der Waals surface area (Å²) in [6.45, 7) is 7.48. The second kappa shape index (κ2) is 5.47. The molecular weight excluding hydrogens is 264 g/mol. The SMILES string of the molecule is Cc1ccc(Br)cc1CNCC(C)(C)C#N. The molecule has 1 aromatic carbocycles. The molecule has 0 saturated heterocycles. The lowest BCUT2D eigenvalue weighted by Crippen LogP contribution is -2.27. The van der Waals surface area contributed by atoms with Crippen LogP contribution in [0.1, 0.15) is 25.0 Å². The number of nitrogens with zero attached hydrogens (tertiary/aromatic N) is 1. The monoisotopic (exact) mass is 280 g/mol. The first kappa shape index (κ1) is 13.2. The third-order valence-electron chi connectivity index (χ3n) is 2.50. The van der Waals surface area contributed by atoms with Crippen molar-refractivity contribution in [1.82, 2.24) is 5.32 Å². The van der Waals surface area contributed by atoms with E-state index in [0.717, 1.165) is 11.0 Å². The maximum atomic E-state index is 8.89. The highest BCUT2D eigenvalue weighted by Gasteiger charge is 2.15. The third-order valence-corrected chi connectivity index (χ3v) is 2.99. The lowest BCUT2D eigenvalue weighted by atomic mass is 9.96. The summed E-state index contributed by atoms with van der Waals surface area (Å²) in [5.41, 5.74) is 2.23. The summed E-state index contributed by atoms with van der Waals surface area (Å²) in [5, 5.41) is 12.2. The minimum absolute atomic E-state index is 0.306. The van der Waals surface area contributed by atoms with E-state index in [-0.39, 0.29) is 5.41 Å². The standard InChI is InChI=1S/C13H17BrN2/c1-10-4-5-12(14)6-11(10)7-16-9-13(2,3)8-15/h4-6,16H,7,9H2,1-3H3. The molecule has 0 spiro atoms. The molecule has 0 aliphatic carbocycles. The highest BCUT2D eigenvalue weighted by atomic mass is 79.9. The van der Waals surface area contributed by atoms with Gasteiger partial charge in [-0.1, -0.05) is 22.0 Å². The third kappa shape index (κ3) is 3.96. The van der Waals surface area contributed by atoms with E-state index in [1.54, 1.807) is 0 Å². The van der Waals surface area contributed by atoms with Gasteiger partial charge in [0.05, 0.1) is 11.5 Å². The molecule has 2 nitrogen and oxygen atoms in total. The van der Waals surface area contributed by atoms with Gasteiger partial charge in [-0.2, -0.15) is 5.26 Å². The molecule has 16 heavy (non-hydrogen) atoms. The van der Waals surface area contributed by atoms with Crippen LogP contribution in [0.25, 0.3) is 0 Å². The van der Waals surface area contributed by atoms with Gasteiger partial charge in [0.25, 0.3) is 0 Å². The lowest BCUT2D eigenvalue weighted by Gasteiger charge is -2.16. The largest absolute Gasteiger partial charge is 0.311 e. The molecule has 86 valence electrons. The Morgan fingerprint density at radius 2 is 2.12 bits per heavy atom. The highest BCUT2D eigenvalue weighted by Crippen LogP contribution is 2.16. The second-order valence-electron chi connectivity index (χ2n) is 4.67. The molecular formula is C13H17BrN2. The Bertz CT molecular complexity index is 405. The van der Waals surface area contributed by atoms with Gasteiger partial charge in [-0.25, -0.2) is 0 Å². The topological polar surface area (TPSA) is 35.8 Å². The summed E-state index contributed by atoms with van der Waals surface area (Å²) in [6.07, 6.45) is 0. The average molecular weight is 281 g/mol. The lowest BCUT2D eigenvalue weighted by molar-refractivity contribution is 0.444. The first-order chi connectivity index (χ1) is 7.44. The quantitative estimate of drug-likeness (QED) is 0.918. The molecule has 0 amide bonds. The fourth-order valence-electron chi connectivity index (χ4n) is 1.38. The number of halogens is 1. The molecule has 0 heterocycles. The molecule has 0 bridgehead atoms.